The van der Waals surface area contributed by atoms with E-state index in [1.807, 2.05) is 17.1 Å². The standard InChI is InChI=1S/C11H18BrN3O/c1-9(7-15-8-10(12)6-13-15)14-11-2-4-16-5-3-11/h6,8-9,11,14H,2-5,7H2,1H3. The maximum Gasteiger partial charge on any atom is 0.0632 e. The van der Waals surface area contributed by atoms with E-state index in [1.165, 1.54) is 0 Å². The van der Waals surface area contributed by atoms with Crippen LogP contribution in [0.2, 0.25) is 0 Å². The fraction of sp³-hybridized carbons (Fsp3) is 0.727. The normalized spacial score (nSPS) is 19.9. The largest absolute Gasteiger partial charge is 0.381 e. The topological polar surface area (TPSA) is 39.1 Å². The first-order chi connectivity index (χ1) is 7.74. The second-order valence-corrected chi connectivity index (χ2v) is 5.25. The third kappa shape index (κ3) is 3.57. The summed E-state index contributed by atoms with van der Waals surface area (Å²) in [6, 6.07) is 1.04. The Morgan fingerprint density at radius 3 is 3.00 bits per heavy atom. The third-order valence-corrected chi connectivity index (χ3v) is 3.21. The van der Waals surface area contributed by atoms with Crippen molar-refractivity contribution in [1.29, 1.82) is 0 Å². The molecule has 0 aromatic carbocycles. The highest BCUT2D eigenvalue weighted by atomic mass is 79.9. The van der Waals surface area contributed by atoms with E-state index in [-0.39, 0.29) is 0 Å². The molecule has 1 saturated heterocycles. The van der Waals surface area contributed by atoms with Gasteiger partial charge in [0.1, 0.15) is 0 Å². The average Bonchev–Trinajstić information content (AvgIpc) is 2.65. The highest BCUT2D eigenvalue weighted by Gasteiger charge is 2.15. The van der Waals surface area contributed by atoms with Crippen molar-refractivity contribution in [2.75, 3.05) is 13.2 Å². The lowest BCUT2D eigenvalue weighted by molar-refractivity contribution is 0.0747. The lowest BCUT2D eigenvalue weighted by atomic mass is 10.1. The van der Waals surface area contributed by atoms with Crippen LogP contribution < -0.4 is 5.32 Å². The van der Waals surface area contributed by atoms with Gasteiger partial charge in [-0.15, -0.1) is 0 Å². The van der Waals surface area contributed by atoms with Gasteiger partial charge < -0.3 is 10.1 Å². The SMILES string of the molecule is CC(Cn1cc(Br)cn1)NC1CCOCC1. The van der Waals surface area contributed by atoms with E-state index in [1.54, 1.807) is 0 Å². The molecule has 1 N–H and O–H groups in total. The van der Waals surface area contributed by atoms with Gasteiger partial charge >= 0.3 is 0 Å². The molecule has 0 bridgehead atoms. The lowest BCUT2D eigenvalue weighted by Crippen LogP contribution is -2.42. The molecule has 16 heavy (non-hydrogen) atoms. The van der Waals surface area contributed by atoms with Gasteiger partial charge in [0.05, 0.1) is 17.2 Å². The van der Waals surface area contributed by atoms with E-state index in [0.717, 1.165) is 37.1 Å². The summed E-state index contributed by atoms with van der Waals surface area (Å²) < 4.78 is 8.33. The summed E-state index contributed by atoms with van der Waals surface area (Å²) in [5, 5.41) is 7.87. The Kier molecular flexibility index (Phi) is 4.37. The van der Waals surface area contributed by atoms with Gasteiger partial charge in [-0.2, -0.15) is 5.10 Å². The second kappa shape index (κ2) is 5.80. The molecule has 0 amide bonds. The van der Waals surface area contributed by atoms with Gasteiger partial charge in [0.2, 0.25) is 0 Å². The zero-order valence-electron chi connectivity index (χ0n) is 9.53. The summed E-state index contributed by atoms with van der Waals surface area (Å²) in [7, 11) is 0. The smallest absolute Gasteiger partial charge is 0.0632 e. The number of hydrogen-bond acceptors (Lipinski definition) is 3. The fourth-order valence-electron chi connectivity index (χ4n) is 2.04. The van der Waals surface area contributed by atoms with Crippen LogP contribution in [0.3, 0.4) is 0 Å². The number of hydrogen-bond donors (Lipinski definition) is 1. The van der Waals surface area contributed by atoms with Crippen molar-refractivity contribution in [3.05, 3.63) is 16.9 Å². The number of halogens is 1. The van der Waals surface area contributed by atoms with Crippen LogP contribution in [-0.4, -0.2) is 35.1 Å². The van der Waals surface area contributed by atoms with E-state index in [9.17, 15) is 0 Å². The Morgan fingerprint density at radius 1 is 1.62 bits per heavy atom. The molecule has 0 spiro atoms. The van der Waals surface area contributed by atoms with Crippen LogP contribution in [0.4, 0.5) is 0 Å². The van der Waals surface area contributed by atoms with Crippen LogP contribution in [0.5, 0.6) is 0 Å². The summed E-state index contributed by atoms with van der Waals surface area (Å²) in [5.41, 5.74) is 0. The van der Waals surface area contributed by atoms with Gasteiger partial charge in [-0.3, -0.25) is 4.68 Å². The number of ether oxygens (including phenoxy) is 1. The van der Waals surface area contributed by atoms with Crippen LogP contribution >= 0.6 is 15.9 Å². The molecule has 1 aliphatic rings. The quantitative estimate of drug-likeness (QED) is 0.918. The minimum Gasteiger partial charge on any atom is -0.381 e. The molecular formula is C11H18BrN3O. The summed E-state index contributed by atoms with van der Waals surface area (Å²) >= 11 is 3.40. The summed E-state index contributed by atoms with van der Waals surface area (Å²) in [4.78, 5) is 0. The Bertz CT molecular complexity index is 323. The average molecular weight is 288 g/mol. The zero-order chi connectivity index (χ0) is 11.4. The van der Waals surface area contributed by atoms with Crippen molar-refractivity contribution in [2.24, 2.45) is 0 Å². The van der Waals surface area contributed by atoms with Gasteiger partial charge in [0.15, 0.2) is 0 Å². The van der Waals surface area contributed by atoms with Gasteiger partial charge in [-0.05, 0) is 35.7 Å². The highest BCUT2D eigenvalue weighted by molar-refractivity contribution is 9.10. The molecule has 1 aromatic heterocycles. The molecule has 4 nitrogen and oxygen atoms in total. The van der Waals surface area contributed by atoms with Crippen LogP contribution in [-0.2, 0) is 11.3 Å². The number of aromatic nitrogens is 2. The Labute approximate surface area is 104 Å². The second-order valence-electron chi connectivity index (χ2n) is 4.33. The van der Waals surface area contributed by atoms with Gasteiger partial charge in [-0.1, -0.05) is 0 Å². The van der Waals surface area contributed by atoms with Gasteiger partial charge in [0.25, 0.3) is 0 Å². The Morgan fingerprint density at radius 2 is 2.38 bits per heavy atom. The van der Waals surface area contributed by atoms with Crippen molar-refractivity contribution >= 4 is 15.9 Å². The van der Waals surface area contributed by atoms with Crippen molar-refractivity contribution < 1.29 is 4.74 Å². The van der Waals surface area contributed by atoms with Crippen molar-refractivity contribution in [1.82, 2.24) is 15.1 Å². The first-order valence-electron chi connectivity index (χ1n) is 5.76. The maximum atomic E-state index is 5.34. The van der Waals surface area contributed by atoms with Gasteiger partial charge in [-0.25, -0.2) is 0 Å². The number of rotatable bonds is 4. The monoisotopic (exact) mass is 287 g/mol. The van der Waals surface area contributed by atoms with Crippen LogP contribution in [0, 0.1) is 0 Å². The van der Waals surface area contributed by atoms with E-state index >= 15 is 0 Å². The molecule has 2 heterocycles. The van der Waals surface area contributed by atoms with Crippen LogP contribution in [0.1, 0.15) is 19.8 Å². The Hall–Kier alpha value is -0.390. The molecule has 5 heteroatoms. The Balaban J connectivity index is 1.77. The molecule has 1 aromatic rings. The molecule has 1 atom stereocenters. The number of nitrogens with zero attached hydrogens (tertiary/aromatic N) is 2. The molecule has 0 saturated carbocycles. The minimum absolute atomic E-state index is 0.440. The maximum absolute atomic E-state index is 5.34. The molecule has 2 rings (SSSR count). The third-order valence-electron chi connectivity index (χ3n) is 2.80. The molecule has 90 valence electrons. The summed E-state index contributed by atoms with van der Waals surface area (Å²) in [5.74, 6) is 0. The van der Waals surface area contributed by atoms with E-state index in [0.29, 0.717) is 12.1 Å². The predicted molar refractivity (Wildman–Crippen MR) is 66.4 cm³/mol. The van der Waals surface area contributed by atoms with Crippen molar-refractivity contribution in [3.8, 4) is 0 Å². The lowest BCUT2D eigenvalue weighted by Gasteiger charge is -2.26. The van der Waals surface area contributed by atoms with Crippen LogP contribution in [0.25, 0.3) is 0 Å². The first kappa shape index (κ1) is 12.1. The van der Waals surface area contributed by atoms with E-state index < -0.39 is 0 Å². The molecular weight excluding hydrogens is 270 g/mol. The molecule has 1 fully saturated rings. The van der Waals surface area contributed by atoms with Crippen LogP contribution in [0.15, 0.2) is 16.9 Å². The minimum atomic E-state index is 0.440. The molecule has 1 aliphatic heterocycles. The first-order valence-corrected chi connectivity index (χ1v) is 6.55. The summed E-state index contributed by atoms with van der Waals surface area (Å²) in [6.07, 6.45) is 6.06. The molecule has 1 unspecified atom stereocenters. The van der Waals surface area contributed by atoms with Crippen molar-refractivity contribution in [3.63, 3.8) is 0 Å². The van der Waals surface area contributed by atoms with Crippen molar-refractivity contribution in [2.45, 2.75) is 38.4 Å². The van der Waals surface area contributed by atoms with Gasteiger partial charge in [0, 0.05) is 31.5 Å². The highest BCUT2D eigenvalue weighted by Crippen LogP contribution is 2.09. The predicted octanol–water partition coefficient (Wildman–Crippen LogP) is 1.80. The molecule has 0 aliphatic carbocycles. The van der Waals surface area contributed by atoms with E-state index in [4.69, 9.17) is 4.74 Å². The van der Waals surface area contributed by atoms with E-state index in [2.05, 4.69) is 33.3 Å². The molecule has 0 radical (unpaired) electrons. The zero-order valence-corrected chi connectivity index (χ0v) is 11.1. The summed E-state index contributed by atoms with van der Waals surface area (Å²) in [6.45, 7) is 4.88. The number of nitrogens with one attached hydrogen (secondary N) is 1. The fourth-order valence-corrected chi connectivity index (χ4v) is 2.37.